The van der Waals surface area contributed by atoms with Crippen molar-refractivity contribution in [2.75, 3.05) is 7.05 Å². The van der Waals surface area contributed by atoms with Crippen molar-refractivity contribution in [2.24, 2.45) is 0 Å². The van der Waals surface area contributed by atoms with Gasteiger partial charge >= 0.3 is 0 Å². The van der Waals surface area contributed by atoms with Crippen molar-refractivity contribution in [3.63, 3.8) is 0 Å². The number of aromatic nitrogens is 1. The lowest BCUT2D eigenvalue weighted by atomic mass is 9.99. The summed E-state index contributed by atoms with van der Waals surface area (Å²) < 4.78 is 0. The Morgan fingerprint density at radius 1 is 1.37 bits per heavy atom. The summed E-state index contributed by atoms with van der Waals surface area (Å²) in [5.41, 5.74) is 1.15. The Hall–Kier alpha value is -2.45. The van der Waals surface area contributed by atoms with Crippen LogP contribution in [-0.4, -0.2) is 28.9 Å². The van der Waals surface area contributed by atoms with Crippen molar-refractivity contribution >= 4 is 23.3 Å². The van der Waals surface area contributed by atoms with Gasteiger partial charge in [0.1, 0.15) is 16.6 Å². The monoisotopic (exact) mass is 385 g/mol. The van der Waals surface area contributed by atoms with E-state index in [0.717, 1.165) is 18.4 Å². The number of nitrogens with zero attached hydrogens (tertiary/aromatic N) is 3. The highest BCUT2D eigenvalue weighted by molar-refractivity contribution is 7.10. The van der Waals surface area contributed by atoms with Crippen LogP contribution in [0.2, 0.25) is 0 Å². The van der Waals surface area contributed by atoms with Crippen molar-refractivity contribution in [2.45, 2.75) is 53.5 Å². The zero-order chi connectivity index (χ0) is 20.7. The molecule has 5 heteroatoms. The number of allylic oxidation sites excluding steroid dienone is 4. The number of amides is 1. The molecule has 1 rings (SSSR count). The van der Waals surface area contributed by atoms with E-state index in [0.29, 0.717) is 5.01 Å². The van der Waals surface area contributed by atoms with E-state index < -0.39 is 0 Å². The first-order valence-electron chi connectivity index (χ1n) is 9.33. The molecular formula is C22H31N3OS. The maximum Gasteiger partial charge on any atom is 0.264 e. The van der Waals surface area contributed by atoms with Crippen LogP contribution in [0, 0.1) is 11.3 Å². The highest BCUT2D eigenvalue weighted by Crippen LogP contribution is 2.20. The molecule has 0 fully saturated rings. The molecule has 27 heavy (non-hydrogen) atoms. The van der Waals surface area contributed by atoms with Crippen molar-refractivity contribution in [3.8, 4) is 6.07 Å². The van der Waals surface area contributed by atoms with Gasteiger partial charge in [-0.3, -0.25) is 4.79 Å². The summed E-state index contributed by atoms with van der Waals surface area (Å²) in [7, 11) is 1.75. The highest BCUT2D eigenvalue weighted by atomic mass is 32.1. The van der Waals surface area contributed by atoms with Crippen LogP contribution in [0.15, 0.2) is 53.1 Å². The van der Waals surface area contributed by atoms with Gasteiger partial charge in [-0.15, -0.1) is 11.3 Å². The van der Waals surface area contributed by atoms with Gasteiger partial charge in [0, 0.05) is 18.6 Å². The summed E-state index contributed by atoms with van der Waals surface area (Å²) in [5.74, 6) is -0.285. The molecule has 1 aromatic rings. The molecule has 1 amide bonds. The van der Waals surface area contributed by atoms with Crippen LogP contribution in [0.25, 0.3) is 6.08 Å². The van der Waals surface area contributed by atoms with E-state index >= 15 is 0 Å². The molecule has 4 nitrogen and oxygen atoms in total. The van der Waals surface area contributed by atoms with Crippen LogP contribution in [0.4, 0.5) is 0 Å². The predicted molar refractivity (Wildman–Crippen MR) is 116 cm³/mol. The standard InChI is InChI=1S/C20H25N3OS.C2H6/c1-5-8-11-16(9-6-2)18(10-7-3)23(4)20(24)17(15-21)14-19-22-12-13-25-19;1-2/h5-6,8-9,11-14,18H,7,10H2,1-4H3;1-2H3/b8-5-,9-6-,16-11+,17-14+;. The number of hydrogen-bond donors (Lipinski definition) is 0. The van der Waals surface area contributed by atoms with Crippen molar-refractivity contribution in [1.82, 2.24) is 9.88 Å². The fourth-order valence-electron chi connectivity index (χ4n) is 2.44. The van der Waals surface area contributed by atoms with Crippen LogP contribution in [0.3, 0.4) is 0 Å². The third-order valence-corrected chi connectivity index (χ3v) is 4.37. The Bertz CT molecular complexity index is 706. The molecule has 1 unspecified atom stereocenters. The summed E-state index contributed by atoms with van der Waals surface area (Å²) in [6, 6.07) is 1.93. The van der Waals surface area contributed by atoms with Crippen LogP contribution in [-0.2, 0) is 4.79 Å². The first kappa shape index (κ1) is 24.6. The molecule has 1 atom stereocenters. The molecule has 0 radical (unpaired) electrons. The molecule has 0 saturated carbocycles. The van der Waals surface area contributed by atoms with Gasteiger partial charge in [0.25, 0.3) is 5.91 Å². The molecule has 0 aliphatic heterocycles. The van der Waals surface area contributed by atoms with Crippen molar-refractivity contribution in [1.29, 1.82) is 5.26 Å². The van der Waals surface area contributed by atoms with E-state index in [2.05, 4.69) is 11.9 Å². The number of carbonyl (C=O) groups is 1. The predicted octanol–water partition coefficient (Wildman–Crippen LogP) is 5.78. The Morgan fingerprint density at radius 3 is 2.56 bits per heavy atom. The normalized spacial score (nSPS) is 13.2. The lowest BCUT2D eigenvalue weighted by Crippen LogP contribution is -2.38. The molecule has 0 saturated heterocycles. The molecule has 146 valence electrons. The summed E-state index contributed by atoms with van der Waals surface area (Å²) >= 11 is 1.40. The summed E-state index contributed by atoms with van der Waals surface area (Å²) in [6.45, 7) is 10.0. The molecule has 0 aliphatic rings. The number of likely N-dealkylation sites (N-methyl/N-ethyl adjacent to an activating group) is 1. The summed E-state index contributed by atoms with van der Waals surface area (Å²) in [4.78, 5) is 18.6. The SMILES string of the molecule is CC.C\C=C/C=C(\C=C/C)C(CCC)N(C)C(=O)/C(C#N)=C/c1nccs1. The lowest BCUT2D eigenvalue weighted by Gasteiger charge is -2.29. The van der Waals surface area contributed by atoms with E-state index in [9.17, 15) is 10.1 Å². The van der Waals surface area contributed by atoms with Crippen molar-refractivity contribution < 1.29 is 4.79 Å². The average Bonchev–Trinajstić information content (AvgIpc) is 3.21. The van der Waals surface area contributed by atoms with E-state index in [1.165, 1.54) is 11.3 Å². The second-order valence-corrected chi connectivity index (χ2v) is 6.38. The Balaban J connectivity index is 0.00000326. The van der Waals surface area contributed by atoms with E-state index in [1.54, 1.807) is 24.2 Å². The zero-order valence-corrected chi connectivity index (χ0v) is 18.1. The van der Waals surface area contributed by atoms with Crippen LogP contribution in [0.5, 0.6) is 0 Å². The fourth-order valence-corrected chi connectivity index (χ4v) is 3.01. The average molecular weight is 386 g/mol. The maximum atomic E-state index is 12.8. The molecule has 0 bridgehead atoms. The van der Waals surface area contributed by atoms with E-state index in [4.69, 9.17) is 0 Å². The van der Waals surface area contributed by atoms with Crippen LogP contribution < -0.4 is 0 Å². The lowest BCUT2D eigenvalue weighted by molar-refractivity contribution is -0.126. The largest absolute Gasteiger partial charge is 0.334 e. The minimum atomic E-state index is -0.285. The zero-order valence-electron chi connectivity index (χ0n) is 17.3. The third-order valence-electron chi connectivity index (χ3n) is 3.65. The number of nitriles is 1. The minimum Gasteiger partial charge on any atom is -0.334 e. The molecule has 0 aromatic carbocycles. The van der Waals surface area contributed by atoms with Gasteiger partial charge in [-0.1, -0.05) is 57.6 Å². The molecule has 1 heterocycles. The van der Waals surface area contributed by atoms with Gasteiger partial charge < -0.3 is 4.90 Å². The van der Waals surface area contributed by atoms with E-state index in [1.807, 2.05) is 69.5 Å². The number of rotatable bonds is 8. The highest BCUT2D eigenvalue weighted by Gasteiger charge is 2.24. The molecule has 0 N–H and O–H groups in total. The minimum absolute atomic E-state index is 0.0852. The Labute approximate surface area is 168 Å². The maximum absolute atomic E-state index is 12.8. The van der Waals surface area contributed by atoms with Gasteiger partial charge in [0.2, 0.25) is 0 Å². The third kappa shape index (κ3) is 8.19. The Kier molecular flexibility index (Phi) is 13.4. The van der Waals surface area contributed by atoms with Gasteiger partial charge in [0.15, 0.2) is 0 Å². The molecular weight excluding hydrogens is 354 g/mol. The molecule has 0 spiro atoms. The first-order chi connectivity index (χ1) is 13.1. The second kappa shape index (κ2) is 14.7. The summed E-state index contributed by atoms with van der Waals surface area (Å²) in [6.07, 6.45) is 14.9. The van der Waals surface area contributed by atoms with Gasteiger partial charge in [0.05, 0.1) is 6.04 Å². The topological polar surface area (TPSA) is 57.0 Å². The molecule has 0 aliphatic carbocycles. The molecule has 1 aromatic heterocycles. The first-order valence-corrected chi connectivity index (χ1v) is 10.2. The van der Waals surface area contributed by atoms with Gasteiger partial charge in [-0.05, 0) is 31.9 Å². The summed E-state index contributed by atoms with van der Waals surface area (Å²) in [5, 5.41) is 11.9. The smallest absolute Gasteiger partial charge is 0.264 e. The van der Waals surface area contributed by atoms with Gasteiger partial charge in [-0.25, -0.2) is 4.98 Å². The fraction of sp³-hybridized carbons (Fsp3) is 0.409. The van der Waals surface area contributed by atoms with E-state index in [-0.39, 0.29) is 17.5 Å². The second-order valence-electron chi connectivity index (χ2n) is 5.45. The van der Waals surface area contributed by atoms with Gasteiger partial charge in [-0.2, -0.15) is 5.26 Å². The number of thiazole rings is 1. The van der Waals surface area contributed by atoms with Crippen LogP contribution in [0.1, 0.15) is 52.5 Å². The van der Waals surface area contributed by atoms with Crippen LogP contribution >= 0.6 is 11.3 Å². The Morgan fingerprint density at radius 2 is 2.07 bits per heavy atom. The van der Waals surface area contributed by atoms with Crippen molar-refractivity contribution in [3.05, 3.63) is 58.1 Å². The quantitative estimate of drug-likeness (QED) is 0.324. The number of hydrogen-bond acceptors (Lipinski definition) is 4. The number of carbonyl (C=O) groups excluding carboxylic acids is 1.